The zero-order valence-electron chi connectivity index (χ0n) is 12.6. The quantitative estimate of drug-likeness (QED) is 0.379. The Labute approximate surface area is 134 Å². The lowest BCUT2D eigenvalue weighted by Gasteiger charge is -2.17. The van der Waals surface area contributed by atoms with Crippen LogP contribution in [0, 0.1) is 11.3 Å². The summed E-state index contributed by atoms with van der Waals surface area (Å²) in [6.45, 7) is 3.53. The number of nitrogens with zero attached hydrogens (tertiary/aromatic N) is 1. The van der Waals surface area contributed by atoms with Gasteiger partial charge in [0.2, 0.25) is 5.91 Å². The lowest BCUT2D eigenvalue weighted by molar-refractivity contribution is -0.122. The van der Waals surface area contributed by atoms with E-state index in [0.29, 0.717) is 6.42 Å². The van der Waals surface area contributed by atoms with E-state index in [0.717, 1.165) is 5.56 Å². The monoisotopic (exact) mass is 317 g/mol. The van der Waals surface area contributed by atoms with Crippen molar-refractivity contribution >= 4 is 12.0 Å². The molecule has 1 atom stereocenters. The molecule has 2 amide bonds. The van der Waals surface area contributed by atoms with Crippen molar-refractivity contribution in [1.82, 2.24) is 10.6 Å². The first-order valence-electron chi connectivity index (χ1n) is 7.03. The van der Waals surface area contributed by atoms with Crippen LogP contribution in [0.1, 0.15) is 12.0 Å². The first-order valence-corrected chi connectivity index (χ1v) is 7.03. The molecule has 0 aliphatic carbocycles. The maximum Gasteiger partial charge on any atom is 0.407 e. The number of benzene rings is 1. The van der Waals surface area contributed by atoms with Gasteiger partial charge in [-0.05, 0) is 24.1 Å². The first-order chi connectivity index (χ1) is 11.1. The van der Waals surface area contributed by atoms with Gasteiger partial charge in [0.05, 0.1) is 12.7 Å². The normalized spacial score (nSPS) is 10.9. The van der Waals surface area contributed by atoms with E-state index in [2.05, 4.69) is 17.2 Å². The van der Waals surface area contributed by atoms with Crippen LogP contribution in [0.25, 0.3) is 0 Å². The van der Waals surface area contributed by atoms with Gasteiger partial charge in [-0.3, -0.25) is 4.79 Å². The number of amides is 2. The highest BCUT2D eigenvalue weighted by atomic mass is 16.5. The summed E-state index contributed by atoms with van der Waals surface area (Å²) in [7, 11) is 0. The van der Waals surface area contributed by atoms with Crippen molar-refractivity contribution in [2.24, 2.45) is 0 Å². The van der Waals surface area contributed by atoms with E-state index in [9.17, 15) is 14.7 Å². The topological polar surface area (TPSA) is 111 Å². The Morgan fingerprint density at radius 2 is 2.09 bits per heavy atom. The Hall–Kier alpha value is -3.01. The molecule has 0 saturated carbocycles. The highest BCUT2D eigenvalue weighted by Crippen LogP contribution is 2.11. The molecular weight excluding hydrogens is 298 g/mol. The van der Waals surface area contributed by atoms with Gasteiger partial charge in [-0.2, -0.15) is 5.26 Å². The van der Waals surface area contributed by atoms with Crippen LogP contribution in [0.2, 0.25) is 0 Å². The van der Waals surface area contributed by atoms with Crippen LogP contribution in [0.4, 0.5) is 4.79 Å². The molecule has 1 rings (SSSR count). The fourth-order valence-electron chi connectivity index (χ4n) is 1.75. The number of phenols is 1. The molecule has 0 aliphatic rings. The third-order valence-electron chi connectivity index (χ3n) is 2.88. The van der Waals surface area contributed by atoms with Gasteiger partial charge in [0.15, 0.2) is 0 Å². The van der Waals surface area contributed by atoms with Gasteiger partial charge < -0.3 is 20.5 Å². The second-order valence-corrected chi connectivity index (χ2v) is 4.66. The predicted molar refractivity (Wildman–Crippen MR) is 83.5 cm³/mol. The van der Waals surface area contributed by atoms with Gasteiger partial charge in [0.25, 0.3) is 0 Å². The molecule has 0 radical (unpaired) electrons. The van der Waals surface area contributed by atoms with Gasteiger partial charge in [-0.1, -0.05) is 18.2 Å². The van der Waals surface area contributed by atoms with Crippen LogP contribution >= 0.6 is 0 Å². The molecule has 122 valence electrons. The fourth-order valence-corrected chi connectivity index (χ4v) is 1.75. The number of hydrogen-bond donors (Lipinski definition) is 3. The number of nitriles is 1. The Bertz CT molecular complexity index is 578. The summed E-state index contributed by atoms with van der Waals surface area (Å²) in [5.74, 6) is -0.378. The Morgan fingerprint density at radius 1 is 1.39 bits per heavy atom. The molecule has 23 heavy (non-hydrogen) atoms. The minimum Gasteiger partial charge on any atom is -0.508 e. The number of carbonyl (C=O) groups is 2. The van der Waals surface area contributed by atoms with Crippen molar-refractivity contribution in [1.29, 1.82) is 5.26 Å². The van der Waals surface area contributed by atoms with Gasteiger partial charge >= 0.3 is 6.09 Å². The van der Waals surface area contributed by atoms with Crippen molar-refractivity contribution in [2.45, 2.75) is 18.9 Å². The van der Waals surface area contributed by atoms with E-state index in [1.807, 2.05) is 0 Å². The number of aromatic hydroxyl groups is 1. The van der Waals surface area contributed by atoms with Crippen LogP contribution in [-0.2, 0) is 16.0 Å². The minimum absolute atomic E-state index is 0.107. The maximum atomic E-state index is 12.0. The number of nitrogens with one attached hydrogen (secondary N) is 2. The Kier molecular flexibility index (Phi) is 7.72. The fraction of sp³-hybridized carbons (Fsp3) is 0.312. The smallest absolute Gasteiger partial charge is 0.407 e. The summed E-state index contributed by atoms with van der Waals surface area (Å²) in [4.78, 5) is 23.7. The van der Waals surface area contributed by atoms with Gasteiger partial charge in [-0.25, -0.2) is 4.79 Å². The van der Waals surface area contributed by atoms with Gasteiger partial charge in [0.1, 0.15) is 18.3 Å². The van der Waals surface area contributed by atoms with E-state index >= 15 is 0 Å². The summed E-state index contributed by atoms with van der Waals surface area (Å²) in [6, 6.07) is 7.18. The third-order valence-corrected chi connectivity index (χ3v) is 2.88. The summed E-state index contributed by atoms with van der Waals surface area (Å²) < 4.78 is 4.92. The van der Waals surface area contributed by atoms with Crippen molar-refractivity contribution in [2.75, 3.05) is 13.2 Å². The first kappa shape index (κ1) is 18.0. The second-order valence-electron chi connectivity index (χ2n) is 4.66. The molecule has 0 aromatic heterocycles. The van der Waals surface area contributed by atoms with Crippen LogP contribution in [-0.4, -0.2) is 36.3 Å². The van der Waals surface area contributed by atoms with Gasteiger partial charge in [0, 0.05) is 6.42 Å². The number of rotatable bonds is 8. The van der Waals surface area contributed by atoms with Gasteiger partial charge in [-0.15, -0.1) is 6.58 Å². The van der Waals surface area contributed by atoms with Crippen molar-refractivity contribution in [3.05, 3.63) is 42.5 Å². The molecule has 7 nitrogen and oxygen atoms in total. The highest BCUT2D eigenvalue weighted by molar-refractivity contribution is 5.86. The zero-order chi connectivity index (χ0) is 17.1. The van der Waals surface area contributed by atoms with Crippen molar-refractivity contribution < 1.29 is 19.4 Å². The molecule has 0 bridgehead atoms. The number of carbonyl (C=O) groups excluding carboxylic acids is 2. The minimum atomic E-state index is -0.885. The summed E-state index contributed by atoms with van der Waals surface area (Å²) in [6.07, 6.45) is 1.61. The molecule has 1 unspecified atom stereocenters. The van der Waals surface area contributed by atoms with Crippen LogP contribution in [0.3, 0.4) is 0 Å². The SMILES string of the molecule is C=CCCOC(=O)NC(Cc1ccc(O)cc1)C(=O)NCC#N. The number of hydrogen-bond acceptors (Lipinski definition) is 5. The van der Waals surface area contributed by atoms with E-state index in [4.69, 9.17) is 10.00 Å². The van der Waals surface area contributed by atoms with E-state index < -0.39 is 18.0 Å². The standard InChI is InChI=1S/C16H19N3O4/c1-2-3-10-23-16(22)19-14(15(21)18-9-8-17)11-12-4-6-13(20)7-5-12/h2,4-7,14,20H,1,3,9-11H2,(H,18,21)(H,19,22). The van der Waals surface area contributed by atoms with Crippen LogP contribution in [0.5, 0.6) is 5.75 Å². The average molecular weight is 317 g/mol. The predicted octanol–water partition coefficient (Wildman–Crippen LogP) is 1.25. The lowest BCUT2D eigenvalue weighted by atomic mass is 10.1. The average Bonchev–Trinajstić information content (AvgIpc) is 2.54. The van der Waals surface area contributed by atoms with Crippen molar-refractivity contribution in [3.8, 4) is 11.8 Å². The largest absolute Gasteiger partial charge is 0.508 e. The number of phenolic OH excluding ortho intramolecular Hbond substituents is 1. The highest BCUT2D eigenvalue weighted by Gasteiger charge is 2.21. The maximum absolute atomic E-state index is 12.0. The zero-order valence-corrected chi connectivity index (χ0v) is 12.6. The Balaban J connectivity index is 2.70. The van der Waals surface area contributed by atoms with Crippen LogP contribution in [0.15, 0.2) is 36.9 Å². The lowest BCUT2D eigenvalue weighted by Crippen LogP contribution is -2.48. The molecule has 7 heteroatoms. The molecule has 0 heterocycles. The Morgan fingerprint density at radius 3 is 2.70 bits per heavy atom. The molecule has 0 aliphatic heterocycles. The summed E-state index contributed by atoms with van der Waals surface area (Å²) >= 11 is 0. The molecule has 3 N–H and O–H groups in total. The van der Waals surface area contributed by atoms with E-state index in [1.165, 1.54) is 12.1 Å². The van der Waals surface area contributed by atoms with E-state index in [-0.39, 0.29) is 25.3 Å². The number of ether oxygens (including phenoxy) is 1. The molecule has 0 saturated heterocycles. The van der Waals surface area contributed by atoms with Crippen molar-refractivity contribution in [3.63, 3.8) is 0 Å². The number of alkyl carbamates (subject to hydrolysis) is 1. The summed E-state index contributed by atoms with van der Waals surface area (Å²) in [5, 5.41) is 22.7. The molecule has 1 aromatic rings. The molecule has 0 spiro atoms. The molecule has 1 aromatic carbocycles. The van der Waals surface area contributed by atoms with Crippen LogP contribution < -0.4 is 10.6 Å². The summed E-state index contributed by atoms with van der Waals surface area (Å²) in [5.41, 5.74) is 0.742. The molecular formula is C16H19N3O4. The molecule has 0 fully saturated rings. The van der Waals surface area contributed by atoms with E-state index in [1.54, 1.807) is 24.3 Å². The third kappa shape index (κ3) is 7.00. The second kappa shape index (κ2) is 9.84.